The van der Waals surface area contributed by atoms with Crippen LogP contribution in [-0.2, 0) is 9.53 Å². The third-order valence-electron chi connectivity index (χ3n) is 3.24. The number of amides is 1. The van der Waals surface area contributed by atoms with Gasteiger partial charge in [0.15, 0.2) is 6.61 Å². The Morgan fingerprint density at radius 1 is 1.15 bits per heavy atom. The molecule has 0 saturated carbocycles. The number of aromatic amines is 2. The van der Waals surface area contributed by atoms with Crippen LogP contribution in [-0.4, -0.2) is 34.1 Å². The maximum Gasteiger partial charge on any atom is 0.344 e. The van der Waals surface area contributed by atoms with E-state index in [4.69, 9.17) is 9.47 Å². The van der Waals surface area contributed by atoms with Crippen molar-refractivity contribution in [2.24, 2.45) is 0 Å². The molecule has 0 atom stereocenters. The number of aryl methyl sites for hydroxylation is 1. The molecule has 0 fully saturated rings. The lowest BCUT2D eigenvalue weighted by Gasteiger charge is -2.19. The Morgan fingerprint density at radius 2 is 1.85 bits per heavy atom. The molecule has 0 radical (unpaired) electrons. The molecule has 0 aliphatic rings. The number of rotatable bonds is 5. The lowest BCUT2D eigenvalue weighted by molar-refractivity contribution is -0.157. The van der Waals surface area contributed by atoms with Gasteiger partial charge >= 0.3 is 11.7 Å². The topological polar surface area (TPSA) is 130 Å². The van der Waals surface area contributed by atoms with E-state index in [1.807, 2.05) is 4.98 Å². The highest BCUT2D eigenvalue weighted by Gasteiger charge is 2.17. The van der Waals surface area contributed by atoms with Gasteiger partial charge in [-0.1, -0.05) is 6.07 Å². The van der Waals surface area contributed by atoms with Crippen LogP contribution >= 0.6 is 0 Å². The molecular formula is C18H21N3O6. The monoisotopic (exact) mass is 375 g/mol. The van der Waals surface area contributed by atoms with Crippen molar-refractivity contribution in [3.63, 3.8) is 0 Å². The molecule has 1 aromatic heterocycles. The van der Waals surface area contributed by atoms with Crippen molar-refractivity contribution < 1.29 is 19.1 Å². The molecule has 0 aliphatic carbocycles. The van der Waals surface area contributed by atoms with Crippen LogP contribution in [0.2, 0.25) is 0 Å². The first-order chi connectivity index (χ1) is 12.5. The van der Waals surface area contributed by atoms with Crippen molar-refractivity contribution in [3.8, 4) is 5.75 Å². The quantitative estimate of drug-likeness (QED) is 0.676. The zero-order chi connectivity index (χ0) is 20.2. The average molecular weight is 375 g/mol. The number of ether oxygens (including phenoxy) is 2. The Balaban J connectivity index is 2.09. The van der Waals surface area contributed by atoms with Crippen molar-refractivity contribution in [1.82, 2.24) is 9.97 Å². The summed E-state index contributed by atoms with van der Waals surface area (Å²) in [7, 11) is 0. The normalized spacial score (nSPS) is 11.0. The zero-order valence-corrected chi connectivity index (χ0v) is 15.5. The smallest absolute Gasteiger partial charge is 0.344 e. The number of nitrogens with one attached hydrogen (secondary N) is 3. The SMILES string of the molecule is Cc1[nH]c(=O)[nH]c(=O)c1NC(=O)c1cccc(OCC(=O)OC(C)(C)C)c1. The molecular weight excluding hydrogens is 354 g/mol. The molecule has 0 spiro atoms. The molecule has 1 aromatic carbocycles. The van der Waals surface area contributed by atoms with Crippen molar-refractivity contribution in [2.75, 3.05) is 11.9 Å². The Kier molecular flexibility index (Phi) is 5.84. The second-order valence-corrected chi connectivity index (χ2v) is 6.77. The number of hydrogen-bond donors (Lipinski definition) is 3. The highest BCUT2D eigenvalue weighted by molar-refractivity contribution is 6.04. The summed E-state index contributed by atoms with van der Waals surface area (Å²) >= 11 is 0. The van der Waals surface area contributed by atoms with Gasteiger partial charge in [-0.3, -0.25) is 14.6 Å². The summed E-state index contributed by atoms with van der Waals surface area (Å²) in [6, 6.07) is 6.10. The molecule has 0 bridgehead atoms. The van der Waals surface area contributed by atoms with Gasteiger partial charge in [0.05, 0.1) is 0 Å². The van der Waals surface area contributed by atoms with E-state index in [9.17, 15) is 19.2 Å². The summed E-state index contributed by atoms with van der Waals surface area (Å²) in [5.41, 5.74) is -1.60. The van der Waals surface area contributed by atoms with Gasteiger partial charge in [0.1, 0.15) is 17.0 Å². The zero-order valence-electron chi connectivity index (χ0n) is 15.5. The molecule has 1 amide bonds. The third-order valence-corrected chi connectivity index (χ3v) is 3.24. The first-order valence-corrected chi connectivity index (χ1v) is 8.14. The maximum atomic E-state index is 12.4. The molecule has 0 aliphatic heterocycles. The minimum absolute atomic E-state index is 0.0559. The summed E-state index contributed by atoms with van der Waals surface area (Å²) < 4.78 is 10.5. The Labute approximate surface area is 154 Å². The van der Waals surface area contributed by atoms with E-state index in [1.165, 1.54) is 19.1 Å². The van der Waals surface area contributed by atoms with Crippen molar-refractivity contribution >= 4 is 17.6 Å². The standard InChI is InChI=1S/C18H21N3O6/c1-10-14(16(24)21-17(25)19-10)20-15(23)11-6-5-7-12(8-11)26-9-13(22)27-18(2,3)4/h5-8H,9H2,1-4H3,(H,20,23)(H2,19,21,24,25). The van der Waals surface area contributed by atoms with Gasteiger partial charge in [0.2, 0.25) is 0 Å². The molecule has 2 rings (SSSR count). The number of H-pyrrole nitrogens is 2. The molecule has 1 heterocycles. The number of esters is 1. The Hall–Kier alpha value is -3.36. The second-order valence-electron chi connectivity index (χ2n) is 6.77. The van der Waals surface area contributed by atoms with Crippen LogP contribution in [0, 0.1) is 6.92 Å². The van der Waals surface area contributed by atoms with Gasteiger partial charge in [-0.2, -0.15) is 0 Å². The van der Waals surface area contributed by atoms with Crippen LogP contribution < -0.4 is 21.3 Å². The number of anilines is 1. The van der Waals surface area contributed by atoms with Gasteiger partial charge < -0.3 is 19.8 Å². The van der Waals surface area contributed by atoms with E-state index < -0.39 is 28.7 Å². The fraction of sp³-hybridized carbons (Fsp3) is 0.333. The van der Waals surface area contributed by atoms with E-state index in [-0.39, 0.29) is 23.6 Å². The molecule has 9 nitrogen and oxygen atoms in total. The second kappa shape index (κ2) is 7.90. The lowest BCUT2D eigenvalue weighted by Crippen LogP contribution is -2.28. The van der Waals surface area contributed by atoms with Gasteiger partial charge in [-0.25, -0.2) is 9.59 Å². The maximum absolute atomic E-state index is 12.4. The molecule has 3 N–H and O–H groups in total. The van der Waals surface area contributed by atoms with Gasteiger partial charge in [0, 0.05) is 11.3 Å². The predicted molar refractivity (Wildman–Crippen MR) is 98.2 cm³/mol. The van der Waals surface area contributed by atoms with Gasteiger partial charge in [-0.15, -0.1) is 0 Å². The lowest BCUT2D eigenvalue weighted by atomic mass is 10.2. The summed E-state index contributed by atoms with van der Waals surface area (Å²) in [4.78, 5) is 51.5. The highest BCUT2D eigenvalue weighted by atomic mass is 16.6. The van der Waals surface area contributed by atoms with E-state index in [1.54, 1.807) is 32.9 Å². The van der Waals surface area contributed by atoms with Crippen LogP contribution in [0.1, 0.15) is 36.8 Å². The number of aromatic nitrogens is 2. The summed E-state index contributed by atoms with van der Waals surface area (Å²) in [6.45, 7) is 6.43. The fourth-order valence-electron chi connectivity index (χ4n) is 2.18. The molecule has 2 aromatic rings. The Bertz CT molecular complexity index is 968. The molecule has 144 valence electrons. The summed E-state index contributed by atoms with van der Waals surface area (Å²) in [5.74, 6) is -0.813. The predicted octanol–water partition coefficient (Wildman–Crippen LogP) is 1.34. The van der Waals surface area contributed by atoms with Crippen LogP contribution in [0.15, 0.2) is 33.9 Å². The van der Waals surface area contributed by atoms with Gasteiger partial charge in [0.25, 0.3) is 11.5 Å². The van der Waals surface area contributed by atoms with E-state index in [0.29, 0.717) is 5.75 Å². The first-order valence-electron chi connectivity index (χ1n) is 8.14. The van der Waals surface area contributed by atoms with E-state index in [2.05, 4.69) is 10.3 Å². The minimum Gasteiger partial charge on any atom is -0.482 e. The Morgan fingerprint density at radius 3 is 2.48 bits per heavy atom. The number of hydrogen-bond acceptors (Lipinski definition) is 6. The van der Waals surface area contributed by atoms with E-state index in [0.717, 1.165) is 0 Å². The number of carbonyl (C=O) groups excluding carboxylic acids is 2. The fourth-order valence-corrected chi connectivity index (χ4v) is 2.18. The minimum atomic E-state index is -0.707. The highest BCUT2D eigenvalue weighted by Crippen LogP contribution is 2.15. The van der Waals surface area contributed by atoms with Crippen LogP contribution in [0.4, 0.5) is 5.69 Å². The van der Waals surface area contributed by atoms with Gasteiger partial charge in [-0.05, 0) is 45.9 Å². The molecule has 0 unspecified atom stereocenters. The van der Waals surface area contributed by atoms with Crippen molar-refractivity contribution in [3.05, 3.63) is 56.4 Å². The number of carbonyl (C=O) groups is 2. The first kappa shape index (κ1) is 20.0. The third kappa shape index (κ3) is 5.84. The van der Waals surface area contributed by atoms with Crippen LogP contribution in [0.25, 0.3) is 0 Å². The van der Waals surface area contributed by atoms with Crippen molar-refractivity contribution in [1.29, 1.82) is 0 Å². The molecule has 0 saturated heterocycles. The summed E-state index contributed by atoms with van der Waals surface area (Å²) in [6.07, 6.45) is 0. The van der Waals surface area contributed by atoms with Crippen molar-refractivity contribution in [2.45, 2.75) is 33.3 Å². The number of benzene rings is 1. The molecule has 9 heteroatoms. The largest absolute Gasteiger partial charge is 0.482 e. The van der Waals surface area contributed by atoms with Crippen LogP contribution in [0.3, 0.4) is 0 Å². The molecule has 27 heavy (non-hydrogen) atoms. The summed E-state index contributed by atoms with van der Waals surface area (Å²) in [5, 5.41) is 2.45. The average Bonchev–Trinajstić information content (AvgIpc) is 2.55. The van der Waals surface area contributed by atoms with Crippen LogP contribution in [0.5, 0.6) is 5.75 Å². The van der Waals surface area contributed by atoms with E-state index >= 15 is 0 Å².